The molecule has 3 aromatic rings. The molecule has 2 aromatic carbocycles. The molecule has 0 bridgehead atoms. The van der Waals surface area contributed by atoms with Gasteiger partial charge in [0, 0.05) is 60.5 Å². The van der Waals surface area contributed by atoms with Gasteiger partial charge in [-0.15, -0.1) is 0 Å². The number of morpholine rings is 1. The van der Waals surface area contributed by atoms with E-state index in [1.165, 1.54) is 0 Å². The van der Waals surface area contributed by atoms with Crippen LogP contribution in [0.4, 0.5) is 5.69 Å². The molecule has 2 heterocycles. The third-order valence-electron chi connectivity index (χ3n) is 5.90. The minimum Gasteiger partial charge on any atom is -0.497 e. The van der Waals surface area contributed by atoms with Gasteiger partial charge < -0.3 is 24.1 Å². The van der Waals surface area contributed by atoms with Crippen molar-refractivity contribution in [2.45, 2.75) is 13.0 Å². The summed E-state index contributed by atoms with van der Waals surface area (Å²) in [5.41, 5.74) is 1.30. The lowest BCUT2D eigenvalue weighted by Gasteiger charge is -2.26. The predicted octanol–water partition coefficient (Wildman–Crippen LogP) is 2.53. The van der Waals surface area contributed by atoms with E-state index in [1.54, 1.807) is 49.2 Å². The molecular formula is C25H29N3O5. The number of carbonyl (C=O) groups is 1. The van der Waals surface area contributed by atoms with Gasteiger partial charge in [-0.3, -0.25) is 14.5 Å². The van der Waals surface area contributed by atoms with E-state index in [-0.39, 0.29) is 17.9 Å². The number of methoxy groups -OCH3 is 2. The van der Waals surface area contributed by atoms with Crippen molar-refractivity contribution in [3.05, 3.63) is 64.6 Å². The van der Waals surface area contributed by atoms with E-state index in [4.69, 9.17) is 14.2 Å². The van der Waals surface area contributed by atoms with Crippen LogP contribution in [0.25, 0.3) is 10.8 Å². The van der Waals surface area contributed by atoms with Gasteiger partial charge in [-0.05, 0) is 24.3 Å². The molecule has 1 fully saturated rings. The van der Waals surface area contributed by atoms with E-state index in [0.717, 1.165) is 43.8 Å². The summed E-state index contributed by atoms with van der Waals surface area (Å²) < 4.78 is 17.7. The van der Waals surface area contributed by atoms with E-state index in [1.807, 2.05) is 18.2 Å². The molecule has 0 radical (unpaired) electrons. The van der Waals surface area contributed by atoms with E-state index < -0.39 is 0 Å². The molecule has 0 aliphatic carbocycles. The molecule has 4 rings (SSSR count). The molecular weight excluding hydrogens is 422 g/mol. The van der Waals surface area contributed by atoms with Crippen molar-refractivity contribution in [1.29, 1.82) is 0 Å². The van der Waals surface area contributed by atoms with Gasteiger partial charge in [0.2, 0.25) is 5.91 Å². The van der Waals surface area contributed by atoms with Gasteiger partial charge in [0.25, 0.3) is 5.56 Å². The van der Waals surface area contributed by atoms with Gasteiger partial charge in [0.15, 0.2) is 0 Å². The lowest BCUT2D eigenvalue weighted by molar-refractivity contribution is -0.115. The standard InChI is InChI=1S/C25H29N3O5/c1-31-19-7-6-18(23(17-19)32-2)16-24(29)26-22-5-3-4-21-20(22)8-9-28(25(21)30)11-10-27-12-14-33-15-13-27/h3-9,17H,10-16H2,1-2H3,(H,26,29). The van der Waals surface area contributed by atoms with E-state index >= 15 is 0 Å². The van der Waals surface area contributed by atoms with Crippen molar-refractivity contribution in [3.8, 4) is 11.5 Å². The van der Waals surface area contributed by atoms with E-state index in [2.05, 4.69) is 10.2 Å². The zero-order valence-electron chi connectivity index (χ0n) is 19.0. The lowest BCUT2D eigenvalue weighted by atomic mass is 10.1. The van der Waals surface area contributed by atoms with Crippen LogP contribution in [0.3, 0.4) is 0 Å². The Morgan fingerprint density at radius 2 is 1.85 bits per heavy atom. The highest BCUT2D eigenvalue weighted by molar-refractivity contribution is 6.02. The topological polar surface area (TPSA) is 82.0 Å². The smallest absolute Gasteiger partial charge is 0.258 e. The van der Waals surface area contributed by atoms with Crippen LogP contribution in [0, 0.1) is 0 Å². The SMILES string of the molecule is COc1ccc(CC(=O)Nc2cccc3c(=O)n(CCN4CCOCC4)ccc23)c(OC)c1. The molecule has 174 valence electrons. The van der Waals surface area contributed by atoms with Gasteiger partial charge in [-0.25, -0.2) is 0 Å². The van der Waals surface area contributed by atoms with Crippen molar-refractivity contribution in [2.24, 2.45) is 0 Å². The van der Waals surface area contributed by atoms with Crippen LogP contribution >= 0.6 is 0 Å². The van der Waals surface area contributed by atoms with Gasteiger partial charge in [0.1, 0.15) is 11.5 Å². The predicted molar refractivity (Wildman–Crippen MR) is 127 cm³/mol. The fraction of sp³-hybridized carbons (Fsp3) is 0.360. The maximum absolute atomic E-state index is 13.1. The second-order valence-corrected chi connectivity index (χ2v) is 7.94. The fourth-order valence-corrected chi connectivity index (χ4v) is 4.04. The zero-order chi connectivity index (χ0) is 23.2. The van der Waals surface area contributed by atoms with Gasteiger partial charge in [-0.1, -0.05) is 12.1 Å². The molecule has 1 aliphatic rings. The molecule has 1 aromatic heterocycles. The Morgan fingerprint density at radius 3 is 2.61 bits per heavy atom. The number of nitrogens with zero attached hydrogens (tertiary/aromatic N) is 2. The second-order valence-electron chi connectivity index (χ2n) is 7.94. The Kier molecular flexibility index (Phi) is 7.26. The first-order valence-electron chi connectivity index (χ1n) is 11.0. The first-order chi connectivity index (χ1) is 16.1. The Balaban J connectivity index is 1.49. The van der Waals surface area contributed by atoms with Crippen LogP contribution in [0.5, 0.6) is 11.5 Å². The third kappa shape index (κ3) is 5.35. The molecule has 1 aliphatic heterocycles. The number of amides is 1. The Morgan fingerprint density at radius 1 is 1.03 bits per heavy atom. The molecule has 0 atom stereocenters. The van der Waals surface area contributed by atoms with Crippen molar-refractivity contribution in [1.82, 2.24) is 9.47 Å². The van der Waals surface area contributed by atoms with Crippen molar-refractivity contribution >= 4 is 22.4 Å². The third-order valence-corrected chi connectivity index (χ3v) is 5.90. The summed E-state index contributed by atoms with van der Waals surface area (Å²) in [6, 6.07) is 12.6. The molecule has 1 N–H and O–H groups in total. The lowest BCUT2D eigenvalue weighted by Crippen LogP contribution is -2.39. The number of hydrogen-bond acceptors (Lipinski definition) is 6. The average Bonchev–Trinajstić information content (AvgIpc) is 2.85. The van der Waals surface area contributed by atoms with Gasteiger partial charge >= 0.3 is 0 Å². The summed E-state index contributed by atoms with van der Waals surface area (Å²) in [7, 11) is 3.14. The summed E-state index contributed by atoms with van der Waals surface area (Å²) in [6.45, 7) is 4.66. The number of anilines is 1. The van der Waals surface area contributed by atoms with Crippen LogP contribution in [0.2, 0.25) is 0 Å². The molecule has 0 unspecified atom stereocenters. The number of ether oxygens (including phenoxy) is 3. The Bertz CT molecular complexity index is 1180. The highest BCUT2D eigenvalue weighted by Gasteiger charge is 2.14. The first-order valence-corrected chi connectivity index (χ1v) is 11.0. The highest BCUT2D eigenvalue weighted by Crippen LogP contribution is 2.26. The second kappa shape index (κ2) is 10.5. The van der Waals surface area contributed by atoms with Crippen LogP contribution < -0.4 is 20.3 Å². The minimum atomic E-state index is -0.192. The summed E-state index contributed by atoms with van der Waals surface area (Å²) >= 11 is 0. The number of fused-ring (bicyclic) bond motifs is 1. The van der Waals surface area contributed by atoms with E-state index in [9.17, 15) is 9.59 Å². The maximum Gasteiger partial charge on any atom is 0.258 e. The number of rotatable bonds is 8. The quantitative estimate of drug-likeness (QED) is 0.567. The summed E-state index contributed by atoms with van der Waals surface area (Å²) in [6.07, 6.45) is 1.94. The summed E-state index contributed by atoms with van der Waals surface area (Å²) in [4.78, 5) is 28.1. The minimum absolute atomic E-state index is 0.0614. The van der Waals surface area contributed by atoms with Crippen molar-refractivity contribution < 1.29 is 19.0 Å². The molecule has 33 heavy (non-hydrogen) atoms. The highest BCUT2D eigenvalue weighted by atomic mass is 16.5. The zero-order valence-corrected chi connectivity index (χ0v) is 19.0. The summed E-state index contributed by atoms with van der Waals surface area (Å²) in [5.74, 6) is 1.06. The average molecular weight is 452 g/mol. The van der Waals surface area contributed by atoms with Crippen LogP contribution in [0.15, 0.2) is 53.5 Å². The first kappa shape index (κ1) is 22.8. The monoisotopic (exact) mass is 451 g/mol. The largest absolute Gasteiger partial charge is 0.497 e. The normalized spacial score (nSPS) is 14.2. The van der Waals surface area contributed by atoms with E-state index in [0.29, 0.717) is 29.1 Å². The summed E-state index contributed by atoms with van der Waals surface area (Å²) in [5, 5.41) is 4.25. The number of benzene rings is 2. The Labute approximate surface area is 192 Å². The molecule has 1 saturated heterocycles. The Hall–Kier alpha value is -3.36. The van der Waals surface area contributed by atoms with Crippen LogP contribution in [-0.2, 0) is 22.5 Å². The number of hydrogen-bond donors (Lipinski definition) is 1. The number of nitrogens with one attached hydrogen (secondary N) is 1. The number of pyridine rings is 1. The molecule has 8 nitrogen and oxygen atoms in total. The van der Waals surface area contributed by atoms with Crippen molar-refractivity contribution in [3.63, 3.8) is 0 Å². The molecule has 1 amide bonds. The maximum atomic E-state index is 13.1. The van der Waals surface area contributed by atoms with Gasteiger partial charge in [-0.2, -0.15) is 0 Å². The van der Waals surface area contributed by atoms with Crippen LogP contribution in [0.1, 0.15) is 5.56 Å². The van der Waals surface area contributed by atoms with Crippen molar-refractivity contribution in [2.75, 3.05) is 52.4 Å². The van der Waals surface area contributed by atoms with Crippen LogP contribution in [-0.4, -0.2) is 62.4 Å². The number of aromatic nitrogens is 1. The fourth-order valence-electron chi connectivity index (χ4n) is 4.04. The molecule has 0 saturated carbocycles. The van der Waals surface area contributed by atoms with Gasteiger partial charge in [0.05, 0.1) is 33.9 Å². The molecule has 0 spiro atoms. The number of carbonyl (C=O) groups excluding carboxylic acids is 1. The molecule has 8 heteroatoms.